The van der Waals surface area contributed by atoms with Gasteiger partial charge in [-0.1, -0.05) is 12.1 Å². The largest absolute Gasteiger partial charge is 0.507 e. The fraction of sp³-hybridized carbons (Fsp3) is 0. The SMILES string of the molecule is N=C(N)c1ccc2c(c1)[nH]c1c(O)c(C(=N)N)c(O)cc12. The summed E-state index contributed by atoms with van der Waals surface area (Å²) in [5, 5.41) is 36.3. The molecule has 3 aromatic rings. The summed E-state index contributed by atoms with van der Waals surface area (Å²) in [7, 11) is 0. The van der Waals surface area contributed by atoms with Crippen LogP contribution in [-0.4, -0.2) is 26.9 Å². The van der Waals surface area contributed by atoms with Crippen LogP contribution in [0.1, 0.15) is 11.1 Å². The molecule has 1 aromatic heterocycles. The van der Waals surface area contributed by atoms with Crippen molar-refractivity contribution in [2.75, 3.05) is 0 Å². The lowest BCUT2D eigenvalue weighted by Crippen LogP contribution is -2.11. The Kier molecular flexibility index (Phi) is 2.52. The van der Waals surface area contributed by atoms with Gasteiger partial charge in [-0.05, 0) is 12.1 Å². The molecule has 0 saturated heterocycles. The molecule has 2 aromatic carbocycles. The molecule has 0 unspecified atom stereocenters. The van der Waals surface area contributed by atoms with Crippen LogP contribution in [-0.2, 0) is 0 Å². The first-order valence-electron chi connectivity index (χ1n) is 6.09. The highest BCUT2D eigenvalue weighted by Gasteiger charge is 2.18. The first-order chi connectivity index (χ1) is 9.90. The van der Waals surface area contributed by atoms with E-state index >= 15 is 0 Å². The Balaban J connectivity index is 2.43. The average molecular weight is 283 g/mol. The standard InChI is InChI=1S/C14H13N5O2/c15-13(16)5-1-2-6-7-4-9(20)10(14(17)18)12(21)11(7)19-8(6)3-5/h1-4,19-21H,(H3,15,16)(H3,17,18). The van der Waals surface area contributed by atoms with Crippen molar-refractivity contribution in [3.8, 4) is 11.5 Å². The summed E-state index contributed by atoms with van der Waals surface area (Å²) in [4.78, 5) is 3.00. The monoisotopic (exact) mass is 283 g/mol. The van der Waals surface area contributed by atoms with Crippen LogP contribution < -0.4 is 11.5 Å². The Morgan fingerprint density at radius 2 is 1.71 bits per heavy atom. The van der Waals surface area contributed by atoms with E-state index in [1.807, 2.05) is 0 Å². The third kappa shape index (κ3) is 1.75. The van der Waals surface area contributed by atoms with E-state index in [0.29, 0.717) is 22.0 Å². The Labute approximate surface area is 118 Å². The number of phenolic OH excluding ortho intramolecular Hbond substituents is 2. The number of nitrogens with one attached hydrogen (secondary N) is 3. The second-order valence-corrected chi connectivity index (χ2v) is 4.75. The number of aromatic amines is 1. The topological polar surface area (TPSA) is 156 Å². The predicted octanol–water partition coefficient (Wildman–Crippen LogP) is 1.30. The van der Waals surface area contributed by atoms with Gasteiger partial charge in [0.15, 0.2) is 5.75 Å². The van der Waals surface area contributed by atoms with Crippen LogP contribution in [0.2, 0.25) is 0 Å². The number of fused-ring (bicyclic) bond motifs is 3. The van der Waals surface area contributed by atoms with Crippen molar-refractivity contribution >= 4 is 33.5 Å². The summed E-state index contributed by atoms with van der Waals surface area (Å²) in [6.45, 7) is 0. The van der Waals surface area contributed by atoms with Gasteiger partial charge in [-0.2, -0.15) is 0 Å². The van der Waals surface area contributed by atoms with E-state index in [9.17, 15) is 10.2 Å². The normalized spacial score (nSPS) is 11.0. The maximum atomic E-state index is 10.2. The molecule has 9 N–H and O–H groups in total. The minimum Gasteiger partial charge on any atom is -0.507 e. The van der Waals surface area contributed by atoms with Crippen LogP contribution in [0.4, 0.5) is 0 Å². The summed E-state index contributed by atoms with van der Waals surface area (Å²) in [6.07, 6.45) is 0. The van der Waals surface area contributed by atoms with Crippen LogP contribution in [0, 0.1) is 10.8 Å². The Morgan fingerprint density at radius 1 is 1.00 bits per heavy atom. The van der Waals surface area contributed by atoms with Crippen molar-refractivity contribution in [3.63, 3.8) is 0 Å². The summed E-state index contributed by atoms with van der Waals surface area (Å²) in [6, 6.07) is 6.56. The minimum absolute atomic E-state index is 0.0629. The first-order valence-corrected chi connectivity index (χ1v) is 6.09. The summed E-state index contributed by atoms with van der Waals surface area (Å²) in [5.41, 5.74) is 12.3. The van der Waals surface area contributed by atoms with Crippen LogP contribution in [0.5, 0.6) is 11.5 Å². The molecule has 0 spiro atoms. The van der Waals surface area contributed by atoms with Crippen LogP contribution in [0.25, 0.3) is 21.8 Å². The van der Waals surface area contributed by atoms with E-state index in [1.165, 1.54) is 6.07 Å². The molecule has 0 aliphatic carbocycles. The highest BCUT2D eigenvalue weighted by atomic mass is 16.3. The van der Waals surface area contributed by atoms with Crippen molar-refractivity contribution in [2.45, 2.75) is 0 Å². The number of aromatic hydroxyl groups is 2. The number of nitrogen functional groups attached to an aromatic ring is 2. The van der Waals surface area contributed by atoms with Gasteiger partial charge in [0.1, 0.15) is 23.0 Å². The van der Waals surface area contributed by atoms with Gasteiger partial charge in [-0.25, -0.2) is 0 Å². The molecule has 21 heavy (non-hydrogen) atoms. The van der Waals surface area contributed by atoms with Crippen molar-refractivity contribution in [3.05, 3.63) is 35.4 Å². The van der Waals surface area contributed by atoms with E-state index in [4.69, 9.17) is 22.3 Å². The first kappa shape index (κ1) is 12.8. The number of rotatable bonds is 2. The van der Waals surface area contributed by atoms with Crippen molar-refractivity contribution < 1.29 is 10.2 Å². The second-order valence-electron chi connectivity index (χ2n) is 4.75. The van der Waals surface area contributed by atoms with E-state index in [1.54, 1.807) is 18.2 Å². The van der Waals surface area contributed by atoms with Gasteiger partial charge in [0, 0.05) is 21.9 Å². The van der Waals surface area contributed by atoms with E-state index in [-0.39, 0.29) is 22.9 Å². The quantitative estimate of drug-likeness (QED) is 0.279. The van der Waals surface area contributed by atoms with Crippen molar-refractivity contribution in [1.82, 2.24) is 4.98 Å². The van der Waals surface area contributed by atoms with Gasteiger partial charge in [-0.3, -0.25) is 10.8 Å². The van der Waals surface area contributed by atoms with E-state index in [0.717, 1.165) is 5.39 Å². The van der Waals surface area contributed by atoms with Crippen LogP contribution in [0.15, 0.2) is 24.3 Å². The molecule has 106 valence electrons. The lowest BCUT2D eigenvalue weighted by molar-refractivity contribution is 0.452. The zero-order chi connectivity index (χ0) is 15.3. The fourth-order valence-corrected chi connectivity index (χ4v) is 2.44. The molecule has 3 rings (SSSR count). The lowest BCUT2D eigenvalue weighted by atomic mass is 10.1. The summed E-state index contributed by atoms with van der Waals surface area (Å²) in [5.74, 6) is -1.02. The molecular weight excluding hydrogens is 270 g/mol. The molecule has 0 aliphatic heterocycles. The lowest BCUT2D eigenvalue weighted by Gasteiger charge is -2.06. The molecule has 0 bridgehead atoms. The van der Waals surface area contributed by atoms with Gasteiger partial charge in [0.05, 0.1) is 5.52 Å². The van der Waals surface area contributed by atoms with Gasteiger partial charge in [0.2, 0.25) is 0 Å². The molecule has 0 saturated carbocycles. The molecule has 0 atom stereocenters. The van der Waals surface area contributed by atoms with E-state index in [2.05, 4.69) is 4.98 Å². The fourth-order valence-electron chi connectivity index (χ4n) is 2.44. The summed E-state index contributed by atoms with van der Waals surface area (Å²) < 4.78 is 0. The maximum absolute atomic E-state index is 10.2. The second kappa shape index (κ2) is 4.14. The van der Waals surface area contributed by atoms with Crippen molar-refractivity contribution in [1.29, 1.82) is 10.8 Å². The minimum atomic E-state index is -0.421. The number of amidine groups is 2. The number of benzene rings is 2. The molecular formula is C14H13N5O2. The van der Waals surface area contributed by atoms with Gasteiger partial charge in [-0.15, -0.1) is 0 Å². The van der Waals surface area contributed by atoms with Crippen LogP contribution >= 0.6 is 0 Å². The molecule has 7 nitrogen and oxygen atoms in total. The molecule has 0 amide bonds. The third-order valence-electron chi connectivity index (χ3n) is 3.43. The van der Waals surface area contributed by atoms with Crippen LogP contribution in [0.3, 0.4) is 0 Å². The number of aromatic nitrogens is 1. The smallest absolute Gasteiger partial charge is 0.154 e. The zero-order valence-corrected chi connectivity index (χ0v) is 10.9. The number of phenols is 2. The molecule has 1 heterocycles. The number of hydrogen-bond donors (Lipinski definition) is 7. The average Bonchev–Trinajstić information content (AvgIpc) is 2.76. The molecule has 0 fully saturated rings. The predicted molar refractivity (Wildman–Crippen MR) is 81.2 cm³/mol. The Hall–Kier alpha value is -3.22. The van der Waals surface area contributed by atoms with Crippen molar-refractivity contribution in [2.24, 2.45) is 11.5 Å². The highest BCUT2D eigenvalue weighted by molar-refractivity contribution is 6.15. The molecule has 0 radical (unpaired) electrons. The van der Waals surface area contributed by atoms with E-state index < -0.39 is 5.84 Å². The third-order valence-corrected chi connectivity index (χ3v) is 3.43. The highest BCUT2D eigenvalue weighted by Crippen LogP contribution is 2.38. The zero-order valence-electron chi connectivity index (χ0n) is 10.9. The van der Waals surface area contributed by atoms with Gasteiger partial charge >= 0.3 is 0 Å². The Morgan fingerprint density at radius 3 is 2.33 bits per heavy atom. The molecule has 7 heteroatoms. The van der Waals surface area contributed by atoms with Gasteiger partial charge < -0.3 is 26.7 Å². The Bertz CT molecular complexity index is 926. The number of H-pyrrole nitrogens is 1. The van der Waals surface area contributed by atoms with Gasteiger partial charge in [0.25, 0.3) is 0 Å². The summed E-state index contributed by atoms with van der Waals surface area (Å²) >= 11 is 0. The number of hydrogen-bond acceptors (Lipinski definition) is 4. The maximum Gasteiger partial charge on any atom is 0.154 e. The molecule has 0 aliphatic rings. The number of nitrogens with two attached hydrogens (primary N) is 2.